The quantitative estimate of drug-likeness (QED) is 0.157. The number of nitrogens with one attached hydrogen (secondary N) is 1. The second kappa shape index (κ2) is 21.1. The lowest BCUT2D eigenvalue weighted by Crippen LogP contribution is -2.54. The summed E-state index contributed by atoms with van der Waals surface area (Å²) in [4.78, 5) is 58.7. The van der Waals surface area contributed by atoms with Gasteiger partial charge in [0.1, 0.15) is 5.78 Å². The summed E-state index contributed by atoms with van der Waals surface area (Å²) in [7, 11) is 6.72. The maximum absolute atomic E-state index is 14.2. The largest absolute Gasteiger partial charge is 0.388 e. The highest BCUT2D eigenvalue weighted by Crippen LogP contribution is 2.32. The summed E-state index contributed by atoms with van der Waals surface area (Å²) in [6, 6.07) is 8.35. The number of methoxy groups -OCH3 is 2. The molecule has 2 N–H and O–H groups in total. The Kier molecular flexibility index (Phi) is 18.4. The molecule has 1 heterocycles. The lowest BCUT2D eigenvalue weighted by Gasteiger charge is -2.41. The van der Waals surface area contributed by atoms with E-state index in [1.807, 2.05) is 76.8 Å². The van der Waals surface area contributed by atoms with Crippen molar-refractivity contribution in [2.24, 2.45) is 35.5 Å². The predicted octanol–water partition coefficient (Wildman–Crippen LogP) is 5.71. The van der Waals surface area contributed by atoms with Gasteiger partial charge in [0.25, 0.3) is 0 Å². The number of amides is 2. The highest BCUT2D eigenvalue weighted by molar-refractivity contribution is 5.90. The number of likely N-dealkylation sites (N-methyl/N-ethyl adjacent to an activating group) is 2. The predicted molar refractivity (Wildman–Crippen MR) is 202 cm³/mol. The lowest BCUT2D eigenvalue weighted by molar-refractivity contribution is -0.149. The van der Waals surface area contributed by atoms with Crippen LogP contribution in [0.25, 0.3) is 0 Å². The van der Waals surface area contributed by atoms with E-state index in [0.717, 1.165) is 18.4 Å². The molecule has 0 bridgehead atoms. The van der Waals surface area contributed by atoms with Crippen molar-refractivity contribution in [3.8, 4) is 0 Å². The molecule has 1 aromatic carbocycles. The van der Waals surface area contributed by atoms with Crippen molar-refractivity contribution >= 4 is 23.4 Å². The first-order valence-corrected chi connectivity index (χ1v) is 19.1. The average Bonchev–Trinajstić information content (AvgIpc) is 3.59. The Hall–Kier alpha value is -2.66. The van der Waals surface area contributed by atoms with Gasteiger partial charge in [0.05, 0.1) is 42.9 Å². The van der Waals surface area contributed by atoms with Crippen LogP contribution >= 0.6 is 0 Å². The fraction of sp³-hybridized carbons (Fsp3) is 0.756. The topological polar surface area (TPSA) is 125 Å². The van der Waals surface area contributed by atoms with Crippen molar-refractivity contribution in [3.05, 3.63) is 35.9 Å². The highest BCUT2D eigenvalue weighted by Gasteiger charge is 2.43. The maximum Gasteiger partial charge on any atom is 0.226 e. The zero-order valence-corrected chi connectivity index (χ0v) is 33.6. The molecular weight excluding hydrogens is 646 g/mol. The number of benzene rings is 1. The Bertz CT molecular complexity index is 1240. The van der Waals surface area contributed by atoms with Crippen LogP contribution in [0, 0.1) is 35.5 Å². The molecule has 1 saturated heterocycles. The molecule has 1 aliphatic heterocycles. The zero-order chi connectivity index (χ0) is 38.6. The van der Waals surface area contributed by atoms with Crippen LogP contribution in [-0.4, -0.2) is 103 Å². The number of aliphatic hydroxyl groups excluding tert-OH is 1. The van der Waals surface area contributed by atoms with Crippen LogP contribution in [0.5, 0.6) is 0 Å². The van der Waals surface area contributed by atoms with Gasteiger partial charge in [-0.25, -0.2) is 0 Å². The molecule has 0 unspecified atom stereocenters. The first kappa shape index (κ1) is 44.5. The molecular formula is C41H69N3O7. The highest BCUT2D eigenvalue weighted by atomic mass is 16.5. The number of hydrogen-bond donors (Lipinski definition) is 2. The van der Waals surface area contributed by atoms with Crippen LogP contribution in [0.3, 0.4) is 0 Å². The summed E-state index contributed by atoms with van der Waals surface area (Å²) in [5, 5.41) is 14.0. The van der Waals surface area contributed by atoms with E-state index in [2.05, 4.69) is 19.2 Å². The van der Waals surface area contributed by atoms with Gasteiger partial charge in [-0.3, -0.25) is 19.2 Å². The van der Waals surface area contributed by atoms with E-state index in [9.17, 15) is 24.3 Å². The number of likely N-dealkylation sites (tertiary alicyclic amines) is 1. The van der Waals surface area contributed by atoms with E-state index in [1.54, 1.807) is 33.2 Å². The minimum absolute atomic E-state index is 0.0111. The molecule has 290 valence electrons. The number of nitrogens with zero attached hydrogens (tertiary/aromatic N) is 2. The van der Waals surface area contributed by atoms with E-state index in [4.69, 9.17) is 9.47 Å². The number of aliphatic hydroxyl groups is 1. The monoisotopic (exact) mass is 716 g/mol. The molecule has 1 aromatic rings. The molecule has 2 rings (SSSR count). The van der Waals surface area contributed by atoms with E-state index >= 15 is 0 Å². The number of carbonyl (C=O) groups excluding carboxylic acids is 4. The van der Waals surface area contributed by atoms with Crippen molar-refractivity contribution in [2.45, 2.75) is 130 Å². The van der Waals surface area contributed by atoms with E-state index in [0.29, 0.717) is 13.0 Å². The summed E-state index contributed by atoms with van der Waals surface area (Å²) in [5.74, 6) is -1.41. The lowest BCUT2D eigenvalue weighted by atomic mass is 9.84. The van der Waals surface area contributed by atoms with E-state index < -0.39 is 36.2 Å². The van der Waals surface area contributed by atoms with Crippen LogP contribution in [0.1, 0.15) is 106 Å². The fourth-order valence-corrected chi connectivity index (χ4v) is 8.01. The first-order chi connectivity index (χ1) is 24.0. The van der Waals surface area contributed by atoms with Crippen molar-refractivity contribution < 1.29 is 33.8 Å². The second-order valence-electron chi connectivity index (χ2n) is 15.6. The van der Waals surface area contributed by atoms with Crippen LogP contribution in [0.4, 0.5) is 0 Å². The molecule has 1 fully saturated rings. The Balaban J connectivity index is 2.24. The minimum Gasteiger partial charge on any atom is -0.388 e. The Labute approximate surface area is 308 Å². The molecule has 10 atom stereocenters. The van der Waals surface area contributed by atoms with E-state index in [1.165, 1.54) is 0 Å². The van der Waals surface area contributed by atoms with Gasteiger partial charge in [-0.05, 0) is 49.1 Å². The van der Waals surface area contributed by atoms with Gasteiger partial charge in [0, 0.05) is 52.5 Å². The molecule has 1 aliphatic rings. The van der Waals surface area contributed by atoms with Crippen LogP contribution in [-0.2, 0) is 28.7 Å². The molecule has 0 aromatic heterocycles. The third-order valence-electron chi connectivity index (χ3n) is 11.4. The fourth-order valence-electron chi connectivity index (χ4n) is 8.01. The number of carbonyl (C=O) groups is 4. The summed E-state index contributed by atoms with van der Waals surface area (Å²) in [6.07, 6.45) is 0.834. The van der Waals surface area contributed by atoms with Crippen LogP contribution < -0.4 is 5.32 Å². The van der Waals surface area contributed by atoms with Gasteiger partial charge < -0.3 is 29.7 Å². The standard InChI is InChI=1S/C41H69N3O7/c1-13-27(6)38(43(10)41(49)31(25(2)3)23-34(46)37(42-9)26(4)5)35(50-11)24-36(47)44-21-17-20-32(44)40(51-12)29(8)33(45)22-28(7)39(48)30-18-15-14-16-19-30/h14-16,18-19,25-29,31-32,35,37-40,42,48H,13,17,20-24H2,1-12H3/t27-,28+,29+,31+,32+,35-,37+,38+,39-,40-/m1/s1. The first-order valence-electron chi connectivity index (χ1n) is 19.1. The zero-order valence-electron chi connectivity index (χ0n) is 33.6. The Morgan fingerprint density at radius 3 is 2.04 bits per heavy atom. The van der Waals surface area contributed by atoms with Gasteiger partial charge in [0.2, 0.25) is 11.8 Å². The molecule has 0 aliphatic carbocycles. The van der Waals surface area contributed by atoms with Gasteiger partial charge in [-0.2, -0.15) is 0 Å². The number of ether oxygens (including phenoxy) is 2. The maximum atomic E-state index is 14.2. The summed E-state index contributed by atoms with van der Waals surface area (Å²) in [6.45, 7) is 16.3. The molecule has 10 heteroatoms. The summed E-state index contributed by atoms with van der Waals surface area (Å²) >= 11 is 0. The number of hydrogen-bond acceptors (Lipinski definition) is 8. The molecule has 51 heavy (non-hydrogen) atoms. The van der Waals surface area contributed by atoms with E-state index in [-0.39, 0.29) is 78.4 Å². The van der Waals surface area contributed by atoms with Crippen molar-refractivity contribution in [1.29, 1.82) is 0 Å². The third-order valence-corrected chi connectivity index (χ3v) is 11.4. The number of Topliss-reactive ketones (excluding diaryl/α,β-unsaturated/α-hetero) is 2. The number of rotatable bonds is 22. The van der Waals surface area contributed by atoms with Gasteiger partial charge in [0.15, 0.2) is 5.78 Å². The Morgan fingerprint density at radius 2 is 1.53 bits per heavy atom. The molecule has 2 amide bonds. The van der Waals surface area contributed by atoms with Gasteiger partial charge >= 0.3 is 0 Å². The summed E-state index contributed by atoms with van der Waals surface area (Å²) < 4.78 is 12.0. The van der Waals surface area contributed by atoms with Crippen molar-refractivity contribution in [1.82, 2.24) is 15.1 Å². The second-order valence-corrected chi connectivity index (χ2v) is 15.6. The van der Waals surface area contributed by atoms with Crippen molar-refractivity contribution in [2.75, 3.05) is 34.9 Å². The van der Waals surface area contributed by atoms with Crippen LogP contribution in [0.15, 0.2) is 30.3 Å². The smallest absolute Gasteiger partial charge is 0.226 e. The Morgan fingerprint density at radius 1 is 0.902 bits per heavy atom. The average molecular weight is 716 g/mol. The molecule has 0 saturated carbocycles. The minimum atomic E-state index is -0.760. The van der Waals surface area contributed by atoms with Crippen molar-refractivity contribution in [3.63, 3.8) is 0 Å². The molecule has 0 radical (unpaired) electrons. The number of ketones is 2. The van der Waals surface area contributed by atoms with Crippen LogP contribution in [0.2, 0.25) is 0 Å². The summed E-state index contributed by atoms with van der Waals surface area (Å²) in [5.41, 5.74) is 0.777. The van der Waals surface area contributed by atoms with Gasteiger partial charge in [-0.15, -0.1) is 0 Å². The SMILES string of the molecule is CC[C@@H](C)[C@@H]([C@@H](CC(=O)N1CCC[C@H]1[C@H](OC)[C@@H](C)C(=O)C[C@H](C)[C@@H](O)c1ccccc1)OC)N(C)C(=O)[C@@H](CC(=O)[C@@H](NC)C(C)C)C(C)C. The van der Waals surface area contributed by atoms with Gasteiger partial charge in [-0.1, -0.05) is 92.1 Å². The third kappa shape index (κ3) is 11.7. The molecule has 10 nitrogen and oxygen atoms in total. The molecule has 0 spiro atoms. The normalized spacial score (nSPS) is 20.3.